The highest BCUT2D eigenvalue weighted by Gasteiger charge is 2.40. The monoisotopic (exact) mass is 349 g/mol. The van der Waals surface area contributed by atoms with E-state index < -0.39 is 17.5 Å². The number of rotatable bonds is 7. The van der Waals surface area contributed by atoms with Gasteiger partial charge in [0.15, 0.2) is 6.10 Å². The summed E-state index contributed by atoms with van der Waals surface area (Å²) < 4.78 is 11.0. The van der Waals surface area contributed by atoms with Crippen LogP contribution in [0.3, 0.4) is 0 Å². The van der Waals surface area contributed by atoms with Crippen molar-refractivity contribution in [2.75, 3.05) is 19.8 Å². The third-order valence-corrected chi connectivity index (χ3v) is 4.71. The molecule has 1 aromatic rings. The molecule has 1 fully saturated rings. The topological polar surface area (TPSA) is 84.9 Å². The lowest BCUT2D eigenvalue weighted by Gasteiger charge is -2.33. The number of nitrogens with one attached hydrogen (secondary N) is 1. The molecule has 0 spiro atoms. The number of aliphatic carboxylic acids is 1. The van der Waals surface area contributed by atoms with Gasteiger partial charge in [0, 0.05) is 19.8 Å². The molecule has 1 atom stereocenters. The van der Waals surface area contributed by atoms with Gasteiger partial charge in [0.1, 0.15) is 5.75 Å². The van der Waals surface area contributed by atoms with Crippen LogP contribution < -0.4 is 10.1 Å². The number of carboxylic acid groups (broad SMARTS) is 1. The first-order valence-corrected chi connectivity index (χ1v) is 8.69. The van der Waals surface area contributed by atoms with Crippen molar-refractivity contribution in [3.63, 3.8) is 0 Å². The Morgan fingerprint density at radius 1 is 1.28 bits per heavy atom. The Hall–Kier alpha value is -2.08. The number of ether oxygens (including phenoxy) is 2. The molecule has 1 amide bonds. The molecule has 1 aliphatic heterocycles. The summed E-state index contributed by atoms with van der Waals surface area (Å²) in [7, 11) is 0. The van der Waals surface area contributed by atoms with E-state index in [0.29, 0.717) is 37.7 Å². The first-order valence-electron chi connectivity index (χ1n) is 8.69. The Morgan fingerprint density at radius 2 is 1.96 bits per heavy atom. The van der Waals surface area contributed by atoms with Crippen LogP contribution in [0.25, 0.3) is 0 Å². The Balaban J connectivity index is 1.93. The van der Waals surface area contributed by atoms with Crippen LogP contribution in [-0.4, -0.2) is 42.8 Å². The fourth-order valence-corrected chi connectivity index (χ4v) is 2.83. The average molecular weight is 349 g/mol. The summed E-state index contributed by atoms with van der Waals surface area (Å²) in [6.07, 6.45) is 0.0934. The van der Waals surface area contributed by atoms with E-state index in [1.807, 2.05) is 24.3 Å². The van der Waals surface area contributed by atoms with Gasteiger partial charge < -0.3 is 19.9 Å². The summed E-state index contributed by atoms with van der Waals surface area (Å²) in [5, 5.41) is 12.3. The zero-order valence-electron chi connectivity index (χ0n) is 15.1. The molecule has 0 aliphatic carbocycles. The molecule has 6 nitrogen and oxygen atoms in total. The standard InChI is InChI=1S/C19H27NO5/c1-13(2)15-5-4-6-16(11-15)25-14(3)17(21)20-12-19(18(22)23)7-9-24-10-8-19/h4-6,11,13-14H,7-10,12H2,1-3H3,(H,20,21)(H,22,23). The van der Waals surface area contributed by atoms with Crippen molar-refractivity contribution in [3.8, 4) is 5.75 Å². The number of carbonyl (C=O) groups excluding carboxylic acids is 1. The quantitative estimate of drug-likeness (QED) is 0.790. The van der Waals surface area contributed by atoms with Crippen LogP contribution in [0.4, 0.5) is 0 Å². The van der Waals surface area contributed by atoms with Crippen LogP contribution in [0, 0.1) is 5.41 Å². The van der Waals surface area contributed by atoms with E-state index in [0.717, 1.165) is 5.56 Å². The molecule has 0 saturated carbocycles. The van der Waals surface area contributed by atoms with Crippen molar-refractivity contribution in [1.82, 2.24) is 5.32 Å². The molecule has 6 heteroatoms. The van der Waals surface area contributed by atoms with Gasteiger partial charge in [-0.3, -0.25) is 9.59 Å². The SMILES string of the molecule is CC(Oc1cccc(C(C)C)c1)C(=O)NCC1(C(=O)O)CCOCC1. The first kappa shape index (κ1) is 19.2. The van der Waals surface area contributed by atoms with Gasteiger partial charge in [-0.15, -0.1) is 0 Å². The van der Waals surface area contributed by atoms with E-state index >= 15 is 0 Å². The van der Waals surface area contributed by atoms with Crippen molar-refractivity contribution in [1.29, 1.82) is 0 Å². The summed E-state index contributed by atoms with van der Waals surface area (Å²) in [6.45, 7) is 6.73. The number of hydrogen-bond acceptors (Lipinski definition) is 4. The molecular formula is C19H27NO5. The van der Waals surface area contributed by atoms with E-state index in [2.05, 4.69) is 19.2 Å². The fraction of sp³-hybridized carbons (Fsp3) is 0.579. The third kappa shape index (κ3) is 4.95. The Kier molecular flexibility index (Phi) is 6.42. The number of benzene rings is 1. The lowest BCUT2D eigenvalue weighted by Crippen LogP contribution is -2.48. The molecule has 138 valence electrons. The van der Waals surface area contributed by atoms with Crippen LogP contribution in [0.5, 0.6) is 5.75 Å². The third-order valence-electron chi connectivity index (χ3n) is 4.71. The minimum atomic E-state index is -0.953. The fourth-order valence-electron chi connectivity index (χ4n) is 2.83. The smallest absolute Gasteiger partial charge is 0.311 e. The van der Waals surface area contributed by atoms with Crippen LogP contribution in [0.15, 0.2) is 24.3 Å². The van der Waals surface area contributed by atoms with E-state index in [1.54, 1.807) is 6.92 Å². The van der Waals surface area contributed by atoms with Crippen LogP contribution >= 0.6 is 0 Å². The second-order valence-corrected chi connectivity index (χ2v) is 6.90. The highest BCUT2D eigenvalue weighted by Crippen LogP contribution is 2.30. The van der Waals surface area contributed by atoms with Crippen molar-refractivity contribution in [2.45, 2.75) is 45.6 Å². The van der Waals surface area contributed by atoms with E-state index in [4.69, 9.17) is 9.47 Å². The molecule has 2 rings (SSSR count). The summed E-state index contributed by atoms with van der Waals surface area (Å²) in [5.41, 5.74) is 0.183. The lowest BCUT2D eigenvalue weighted by atomic mass is 9.80. The highest BCUT2D eigenvalue weighted by molar-refractivity contribution is 5.82. The van der Waals surface area contributed by atoms with Gasteiger partial charge in [0.25, 0.3) is 5.91 Å². The molecule has 0 bridgehead atoms. The van der Waals surface area contributed by atoms with Crippen LogP contribution in [0.2, 0.25) is 0 Å². The molecular weight excluding hydrogens is 322 g/mol. The van der Waals surface area contributed by atoms with Gasteiger partial charge in [0.2, 0.25) is 0 Å². The molecule has 0 aromatic heterocycles. The van der Waals surface area contributed by atoms with Gasteiger partial charge in [-0.1, -0.05) is 26.0 Å². The van der Waals surface area contributed by atoms with Gasteiger partial charge in [0.05, 0.1) is 5.41 Å². The molecule has 1 saturated heterocycles. The number of carbonyl (C=O) groups is 2. The summed E-state index contributed by atoms with van der Waals surface area (Å²) in [5.74, 6) is -0.208. The van der Waals surface area contributed by atoms with E-state index in [9.17, 15) is 14.7 Å². The predicted molar refractivity (Wildman–Crippen MR) is 93.8 cm³/mol. The minimum Gasteiger partial charge on any atom is -0.481 e. The second kappa shape index (κ2) is 8.34. The maximum atomic E-state index is 12.3. The predicted octanol–water partition coefficient (Wildman–Crippen LogP) is 2.57. The zero-order valence-corrected chi connectivity index (χ0v) is 15.1. The molecule has 1 heterocycles. The molecule has 1 aromatic carbocycles. The number of amides is 1. The first-order chi connectivity index (χ1) is 11.8. The van der Waals surface area contributed by atoms with Gasteiger partial charge in [-0.25, -0.2) is 0 Å². The van der Waals surface area contributed by atoms with Crippen molar-refractivity contribution in [3.05, 3.63) is 29.8 Å². The van der Waals surface area contributed by atoms with Crippen LogP contribution in [0.1, 0.15) is 45.1 Å². The highest BCUT2D eigenvalue weighted by atomic mass is 16.5. The van der Waals surface area contributed by atoms with Gasteiger partial charge in [-0.05, 0) is 43.4 Å². The minimum absolute atomic E-state index is 0.0876. The molecule has 1 aliphatic rings. The maximum Gasteiger partial charge on any atom is 0.311 e. The van der Waals surface area contributed by atoms with Crippen molar-refractivity contribution < 1.29 is 24.2 Å². The van der Waals surface area contributed by atoms with Gasteiger partial charge in [-0.2, -0.15) is 0 Å². The maximum absolute atomic E-state index is 12.3. The largest absolute Gasteiger partial charge is 0.481 e. The Labute approximate surface area is 148 Å². The molecule has 25 heavy (non-hydrogen) atoms. The number of hydrogen-bond donors (Lipinski definition) is 2. The summed E-state index contributed by atoms with van der Waals surface area (Å²) in [6, 6.07) is 7.65. The normalized spacial score (nSPS) is 17.8. The van der Waals surface area contributed by atoms with Crippen molar-refractivity contribution in [2.24, 2.45) is 5.41 Å². The molecule has 2 N–H and O–H groups in total. The summed E-state index contributed by atoms with van der Waals surface area (Å²) in [4.78, 5) is 23.9. The zero-order chi connectivity index (χ0) is 18.4. The Morgan fingerprint density at radius 3 is 2.56 bits per heavy atom. The lowest BCUT2D eigenvalue weighted by molar-refractivity contribution is -0.155. The van der Waals surface area contributed by atoms with Crippen LogP contribution in [-0.2, 0) is 14.3 Å². The molecule has 0 radical (unpaired) electrons. The number of carboxylic acids is 1. The van der Waals surface area contributed by atoms with Gasteiger partial charge >= 0.3 is 5.97 Å². The average Bonchev–Trinajstić information content (AvgIpc) is 2.60. The van der Waals surface area contributed by atoms with Crippen molar-refractivity contribution >= 4 is 11.9 Å². The molecule has 1 unspecified atom stereocenters. The van der Waals surface area contributed by atoms with E-state index in [-0.39, 0.29) is 12.5 Å². The Bertz CT molecular complexity index is 608. The van der Waals surface area contributed by atoms with E-state index in [1.165, 1.54) is 0 Å². The second-order valence-electron chi connectivity index (χ2n) is 6.90. The summed E-state index contributed by atoms with van der Waals surface area (Å²) >= 11 is 0.